The Morgan fingerprint density at radius 1 is 0.960 bits per heavy atom. The summed E-state index contributed by atoms with van der Waals surface area (Å²) in [6.45, 7) is 0. The highest BCUT2D eigenvalue weighted by atomic mass is 32.1. The molecule has 0 unspecified atom stereocenters. The van der Waals surface area contributed by atoms with E-state index < -0.39 is 0 Å². The van der Waals surface area contributed by atoms with Crippen LogP contribution in [0.2, 0.25) is 0 Å². The van der Waals surface area contributed by atoms with Gasteiger partial charge in [-0.1, -0.05) is 35.6 Å². The predicted octanol–water partition coefficient (Wildman–Crippen LogP) is 3.46. The SMILES string of the molecule is COc1ccc(Cc2nn3c(-c4cccc(OC)c4)nnc3s2)cc1. The number of fused-ring (bicyclic) bond motifs is 1. The number of rotatable bonds is 5. The van der Waals surface area contributed by atoms with Gasteiger partial charge in [0.2, 0.25) is 4.96 Å². The summed E-state index contributed by atoms with van der Waals surface area (Å²) in [5.41, 5.74) is 2.10. The summed E-state index contributed by atoms with van der Waals surface area (Å²) in [4.78, 5) is 0.779. The van der Waals surface area contributed by atoms with Crippen molar-refractivity contribution in [2.24, 2.45) is 0 Å². The Morgan fingerprint density at radius 2 is 1.76 bits per heavy atom. The smallest absolute Gasteiger partial charge is 0.234 e. The largest absolute Gasteiger partial charge is 0.497 e. The summed E-state index contributed by atoms with van der Waals surface area (Å²) >= 11 is 1.54. The topological polar surface area (TPSA) is 61.5 Å². The second kappa shape index (κ2) is 6.52. The van der Waals surface area contributed by atoms with Crippen LogP contribution in [0.4, 0.5) is 0 Å². The summed E-state index contributed by atoms with van der Waals surface area (Å²) < 4.78 is 12.3. The minimum Gasteiger partial charge on any atom is -0.497 e. The zero-order chi connectivity index (χ0) is 17.2. The molecular weight excluding hydrogens is 336 g/mol. The highest BCUT2D eigenvalue weighted by molar-refractivity contribution is 7.16. The lowest BCUT2D eigenvalue weighted by molar-refractivity contribution is 0.414. The van der Waals surface area contributed by atoms with Crippen LogP contribution >= 0.6 is 11.3 Å². The van der Waals surface area contributed by atoms with Gasteiger partial charge in [0.1, 0.15) is 16.5 Å². The summed E-state index contributed by atoms with van der Waals surface area (Å²) in [6, 6.07) is 15.7. The second-order valence-corrected chi connectivity index (χ2v) is 6.51. The molecule has 0 atom stereocenters. The Kier molecular flexibility index (Phi) is 4.07. The fourth-order valence-corrected chi connectivity index (χ4v) is 3.46. The molecule has 0 radical (unpaired) electrons. The molecule has 4 rings (SSSR count). The molecule has 0 aliphatic rings. The number of benzene rings is 2. The van der Waals surface area contributed by atoms with Crippen molar-refractivity contribution in [3.05, 3.63) is 59.1 Å². The molecule has 25 heavy (non-hydrogen) atoms. The third kappa shape index (κ3) is 3.06. The average Bonchev–Trinajstić information content (AvgIpc) is 3.22. The molecule has 0 fully saturated rings. The van der Waals surface area contributed by atoms with Gasteiger partial charge < -0.3 is 9.47 Å². The number of ether oxygens (including phenoxy) is 2. The number of aromatic nitrogens is 4. The number of hydrogen-bond acceptors (Lipinski definition) is 6. The van der Waals surface area contributed by atoms with Crippen molar-refractivity contribution in [3.63, 3.8) is 0 Å². The van der Waals surface area contributed by atoms with Crippen molar-refractivity contribution in [1.82, 2.24) is 19.8 Å². The van der Waals surface area contributed by atoms with E-state index in [2.05, 4.69) is 15.3 Å². The molecular formula is C18H16N4O2S. The van der Waals surface area contributed by atoms with E-state index in [1.54, 1.807) is 30.1 Å². The molecule has 0 spiro atoms. The molecule has 0 N–H and O–H groups in total. The molecule has 4 aromatic rings. The number of nitrogens with zero attached hydrogens (tertiary/aromatic N) is 4. The standard InChI is InChI=1S/C18H16N4O2S/c1-23-14-8-6-12(7-9-14)10-16-21-22-17(19-20-18(22)25-16)13-4-3-5-15(11-13)24-2/h3-9,11H,10H2,1-2H3. The zero-order valence-corrected chi connectivity index (χ0v) is 14.7. The van der Waals surface area contributed by atoms with Crippen molar-refractivity contribution in [1.29, 1.82) is 0 Å². The first kappa shape index (κ1) is 15.6. The Bertz CT molecular complexity index is 1010. The van der Waals surface area contributed by atoms with Crippen LogP contribution < -0.4 is 9.47 Å². The quantitative estimate of drug-likeness (QED) is 0.550. The van der Waals surface area contributed by atoms with Crippen LogP contribution in [0.5, 0.6) is 11.5 Å². The molecule has 0 aliphatic carbocycles. The molecule has 0 bridgehead atoms. The van der Waals surface area contributed by atoms with Crippen molar-refractivity contribution in [2.45, 2.75) is 6.42 Å². The highest BCUT2D eigenvalue weighted by Gasteiger charge is 2.14. The minimum atomic E-state index is 0.714. The first-order valence-corrected chi connectivity index (χ1v) is 8.57. The molecule has 2 heterocycles. The number of methoxy groups -OCH3 is 2. The molecule has 0 aliphatic heterocycles. The lowest BCUT2D eigenvalue weighted by Crippen LogP contribution is -1.94. The molecule has 2 aromatic heterocycles. The third-order valence-electron chi connectivity index (χ3n) is 3.88. The van der Waals surface area contributed by atoms with E-state index in [1.165, 1.54) is 5.56 Å². The van der Waals surface area contributed by atoms with Gasteiger partial charge in [0.25, 0.3) is 0 Å². The van der Waals surface area contributed by atoms with Gasteiger partial charge in [0, 0.05) is 12.0 Å². The molecule has 0 saturated carbocycles. The fraction of sp³-hybridized carbons (Fsp3) is 0.167. The van der Waals surface area contributed by atoms with E-state index in [-0.39, 0.29) is 0 Å². The van der Waals surface area contributed by atoms with Crippen molar-refractivity contribution in [2.75, 3.05) is 14.2 Å². The minimum absolute atomic E-state index is 0.714. The second-order valence-electron chi connectivity index (χ2n) is 5.47. The fourth-order valence-electron chi connectivity index (χ4n) is 2.59. The van der Waals surface area contributed by atoms with Crippen LogP contribution in [0, 0.1) is 0 Å². The molecule has 6 nitrogen and oxygen atoms in total. The van der Waals surface area contributed by atoms with E-state index in [9.17, 15) is 0 Å². The summed E-state index contributed by atoms with van der Waals surface area (Å²) in [7, 11) is 3.31. The Balaban J connectivity index is 1.65. The van der Waals surface area contributed by atoms with Crippen LogP contribution in [0.3, 0.4) is 0 Å². The van der Waals surface area contributed by atoms with Gasteiger partial charge >= 0.3 is 0 Å². The van der Waals surface area contributed by atoms with E-state index in [0.29, 0.717) is 5.82 Å². The lowest BCUT2D eigenvalue weighted by atomic mass is 10.1. The normalized spacial score (nSPS) is 11.0. The Labute approximate surface area is 148 Å². The van der Waals surface area contributed by atoms with Crippen molar-refractivity contribution in [3.8, 4) is 22.9 Å². The van der Waals surface area contributed by atoms with Gasteiger partial charge in [-0.3, -0.25) is 0 Å². The average molecular weight is 352 g/mol. The molecule has 7 heteroatoms. The molecule has 0 saturated heterocycles. The summed E-state index contributed by atoms with van der Waals surface area (Å²) in [6.07, 6.45) is 0.746. The van der Waals surface area contributed by atoms with Crippen LogP contribution in [-0.2, 0) is 6.42 Å². The maximum atomic E-state index is 5.28. The van der Waals surface area contributed by atoms with Crippen molar-refractivity contribution < 1.29 is 9.47 Å². The number of hydrogen-bond donors (Lipinski definition) is 0. The summed E-state index contributed by atoms with van der Waals surface area (Å²) in [5.74, 6) is 2.34. The van der Waals surface area contributed by atoms with Crippen LogP contribution in [-0.4, -0.2) is 34.0 Å². The lowest BCUT2D eigenvalue weighted by Gasteiger charge is -2.02. The maximum Gasteiger partial charge on any atom is 0.234 e. The van der Waals surface area contributed by atoms with E-state index in [0.717, 1.165) is 33.5 Å². The van der Waals surface area contributed by atoms with Crippen LogP contribution in [0.1, 0.15) is 10.6 Å². The van der Waals surface area contributed by atoms with E-state index in [4.69, 9.17) is 9.47 Å². The van der Waals surface area contributed by atoms with Gasteiger partial charge in [-0.15, -0.1) is 10.2 Å². The molecule has 0 amide bonds. The zero-order valence-electron chi connectivity index (χ0n) is 13.8. The third-order valence-corrected chi connectivity index (χ3v) is 4.77. The first-order chi connectivity index (χ1) is 12.3. The van der Waals surface area contributed by atoms with Gasteiger partial charge in [-0.05, 0) is 29.8 Å². The maximum absolute atomic E-state index is 5.28. The van der Waals surface area contributed by atoms with Crippen molar-refractivity contribution >= 4 is 16.3 Å². The predicted molar refractivity (Wildman–Crippen MR) is 96.4 cm³/mol. The van der Waals surface area contributed by atoms with Gasteiger partial charge in [0.05, 0.1) is 14.2 Å². The van der Waals surface area contributed by atoms with Crippen LogP contribution in [0.25, 0.3) is 16.3 Å². The summed E-state index contributed by atoms with van der Waals surface area (Å²) in [5, 5.41) is 14.2. The monoisotopic (exact) mass is 352 g/mol. The van der Waals surface area contributed by atoms with Gasteiger partial charge in [-0.2, -0.15) is 9.61 Å². The first-order valence-electron chi connectivity index (χ1n) is 7.75. The van der Waals surface area contributed by atoms with Gasteiger partial charge in [-0.25, -0.2) is 0 Å². The highest BCUT2D eigenvalue weighted by Crippen LogP contribution is 2.25. The van der Waals surface area contributed by atoms with Crippen LogP contribution in [0.15, 0.2) is 48.5 Å². The van der Waals surface area contributed by atoms with Gasteiger partial charge in [0.15, 0.2) is 5.82 Å². The molecule has 126 valence electrons. The van der Waals surface area contributed by atoms with E-state index >= 15 is 0 Å². The van der Waals surface area contributed by atoms with E-state index in [1.807, 2.05) is 48.5 Å². The Morgan fingerprint density at radius 3 is 2.52 bits per heavy atom. The molecule has 2 aromatic carbocycles. The Hall–Kier alpha value is -2.93.